The van der Waals surface area contributed by atoms with E-state index in [-0.39, 0.29) is 41.8 Å². The maximum Gasteiger partial charge on any atom is 0.323 e. The van der Waals surface area contributed by atoms with Crippen molar-refractivity contribution in [1.82, 2.24) is 0 Å². The molecular weight excluding hydrogens is 534 g/mol. The number of urea groups is 1. The third kappa shape index (κ3) is 4.54. The Morgan fingerprint density at radius 3 is 2.34 bits per heavy atom. The molecule has 0 radical (unpaired) electrons. The highest BCUT2D eigenvalue weighted by Crippen LogP contribution is 2.51. The average Bonchev–Trinajstić information content (AvgIpc) is 2.89. The van der Waals surface area contributed by atoms with Crippen LogP contribution in [0.25, 0.3) is 0 Å². The molecule has 5 rings (SSSR count). The summed E-state index contributed by atoms with van der Waals surface area (Å²) in [4.78, 5) is 63.8. The number of allylic oxidation sites excluding steroid dienone is 3. The number of Topliss-reactive ketones (excluding diaryl/α,β-unsaturated/α-hetero) is 2. The van der Waals surface area contributed by atoms with Crippen molar-refractivity contribution < 1.29 is 34.5 Å². The molecule has 3 atom stereocenters. The highest BCUT2D eigenvalue weighted by atomic mass is 16.3. The molecule has 2 aromatic rings. The van der Waals surface area contributed by atoms with Gasteiger partial charge < -0.3 is 36.6 Å². The number of hydrogen-bond donors (Lipinski definition) is 6. The van der Waals surface area contributed by atoms with Gasteiger partial charge in [-0.05, 0) is 65.7 Å². The zero-order chi connectivity index (χ0) is 29.7. The minimum atomic E-state index is -1.23. The lowest BCUT2D eigenvalue weighted by Crippen LogP contribution is -2.43. The largest absolute Gasteiger partial charge is 0.511 e. The first-order valence-electron chi connectivity index (χ1n) is 12.7. The summed E-state index contributed by atoms with van der Waals surface area (Å²) in [6.45, 7) is 0. The molecule has 3 aliphatic carbocycles. The van der Waals surface area contributed by atoms with Gasteiger partial charge in [-0.25, -0.2) is 4.79 Å². The van der Waals surface area contributed by atoms with Gasteiger partial charge in [0.15, 0.2) is 17.3 Å². The van der Waals surface area contributed by atoms with Gasteiger partial charge >= 0.3 is 6.03 Å². The van der Waals surface area contributed by atoms with E-state index in [9.17, 15) is 39.4 Å². The number of nitroso groups, excluding NO2 is 1. The van der Waals surface area contributed by atoms with E-state index in [0.29, 0.717) is 16.9 Å². The van der Waals surface area contributed by atoms with Crippen LogP contribution in [0.15, 0.2) is 58.2 Å². The fourth-order valence-corrected chi connectivity index (χ4v) is 6.07. The van der Waals surface area contributed by atoms with Crippen LogP contribution < -0.4 is 21.3 Å². The number of aromatic hydroxyl groups is 1. The summed E-state index contributed by atoms with van der Waals surface area (Å²) < 4.78 is 0. The van der Waals surface area contributed by atoms with Crippen LogP contribution in [-0.2, 0) is 16.0 Å². The zero-order valence-electron chi connectivity index (χ0n) is 22.1. The number of amides is 3. The highest BCUT2D eigenvalue weighted by molar-refractivity contribution is 6.22. The van der Waals surface area contributed by atoms with Crippen molar-refractivity contribution in [3.8, 4) is 5.75 Å². The van der Waals surface area contributed by atoms with E-state index in [0.717, 1.165) is 0 Å². The molecule has 41 heavy (non-hydrogen) atoms. The maximum atomic E-state index is 13.9. The number of benzene rings is 2. The first kappa shape index (κ1) is 27.4. The number of hydrogen-bond acceptors (Lipinski definition) is 10. The number of nitrogens with two attached hydrogens (primary N) is 1. The quantitative estimate of drug-likeness (QED) is 0.179. The molecule has 0 saturated carbocycles. The summed E-state index contributed by atoms with van der Waals surface area (Å²) in [5, 5.41) is 40.6. The number of rotatable bonds is 5. The Hall–Kier alpha value is -5.20. The number of phenolic OH excluding ortho intramolecular Hbond substituents is 1. The number of aliphatic hydroxyl groups excluding tert-OH is 2. The molecular formula is C28H27N5O8. The number of carbonyl (C=O) groups is 4. The number of nitrogens with one attached hydrogen (secondary N) is 2. The van der Waals surface area contributed by atoms with Crippen LogP contribution in [0.3, 0.4) is 0 Å². The molecule has 0 bridgehead atoms. The third-order valence-electron chi connectivity index (χ3n) is 7.82. The molecule has 7 N–H and O–H groups in total. The molecule has 0 fully saturated rings. The predicted octanol–water partition coefficient (Wildman–Crippen LogP) is 3.57. The van der Waals surface area contributed by atoms with Crippen molar-refractivity contribution in [2.75, 3.05) is 29.6 Å². The van der Waals surface area contributed by atoms with Crippen molar-refractivity contribution in [2.24, 2.45) is 28.7 Å². The predicted molar refractivity (Wildman–Crippen MR) is 148 cm³/mol. The smallest absolute Gasteiger partial charge is 0.323 e. The van der Waals surface area contributed by atoms with E-state index in [4.69, 9.17) is 5.73 Å². The number of phenols is 1. The Morgan fingerprint density at radius 1 is 1.05 bits per heavy atom. The lowest BCUT2D eigenvalue weighted by Gasteiger charge is -2.41. The van der Waals surface area contributed by atoms with Crippen LogP contribution in [-0.4, -0.2) is 52.9 Å². The maximum absolute atomic E-state index is 13.9. The average molecular weight is 562 g/mol. The van der Waals surface area contributed by atoms with Crippen LogP contribution in [0.2, 0.25) is 0 Å². The SMILES string of the molecule is CN(C)c1cc(NC(=O)Nc2ccc(N=O)cc2)c(O)c2c1CC1CC3CC(O)=C(C(N)=O)C(=O)C3C(O)=C1C2=O. The number of aliphatic hydroxyl groups is 2. The van der Waals surface area contributed by atoms with E-state index in [1.165, 1.54) is 30.3 Å². The standard InChI is InChI=1S/C28H27N5O8/c1-33(2)17-10-16(31-28(40)30-13-3-5-14(32-41)6-4-13)23(35)21-15(17)8-11-7-12-9-18(34)22(27(29)39)26(38)20(12)24(36)19(11)25(21)37/h3-6,10-12,20,34-36H,7-9H2,1-2H3,(H2,29,39)(H2,30,31,40). The van der Waals surface area contributed by atoms with Crippen LogP contribution in [0.5, 0.6) is 5.75 Å². The van der Waals surface area contributed by atoms with Crippen molar-refractivity contribution >= 4 is 46.3 Å². The lowest BCUT2D eigenvalue weighted by molar-refractivity contribution is -0.126. The minimum Gasteiger partial charge on any atom is -0.511 e. The summed E-state index contributed by atoms with van der Waals surface area (Å²) in [6.07, 6.45) is 0.447. The number of carbonyl (C=O) groups excluding carboxylic acids is 4. The molecule has 0 spiro atoms. The monoisotopic (exact) mass is 561 g/mol. The lowest BCUT2D eigenvalue weighted by atomic mass is 9.62. The Labute approximate surface area is 233 Å². The van der Waals surface area contributed by atoms with Gasteiger partial charge in [0.1, 0.15) is 22.8 Å². The van der Waals surface area contributed by atoms with Crippen LogP contribution in [0, 0.1) is 22.7 Å². The molecule has 212 valence electrons. The zero-order valence-corrected chi connectivity index (χ0v) is 22.1. The first-order valence-corrected chi connectivity index (χ1v) is 12.7. The highest BCUT2D eigenvalue weighted by Gasteiger charge is 2.50. The van der Waals surface area contributed by atoms with Crippen LogP contribution >= 0.6 is 0 Å². The Balaban J connectivity index is 1.53. The van der Waals surface area contributed by atoms with Gasteiger partial charge in [-0.3, -0.25) is 14.4 Å². The normalized spacial score (nSPS) is 21.5. The summed E-state index contributed by atoms with van der Waals surface area (Å²) in [7, 11) is 3.47. The van der Waals surface area contributed by atoms with Gasteiger partial charge in [0.25, 0.3) is 5.91 Å². The molecule has 0 heterocycles. The van der Waals surface area contributed by atoms with E-state index < -0.39 is 64.1 Å². The first-order chi connectivity index (χ1) is 19.4. The fourth-order valence-electron chi connectivity index (χ4n) is 6.07. The summed E-state index contributed by atoms with van der Waals surface area (Å²) in [5.74, 6) is -6.43. The van der Waals surface area contributed by atoms with Crippen molar-refractivity contribution in [2.45, 2.75) is 19.3 Å². The van der Waals surface area contributed by atoms with Gasteiger partial charge in [0, 0.05) is 37.5 Å². The van der Waals surface area contributed by atoms with E-state index in [1.807, 2.05) is 0 Å². The van der Waals surface area contributed by atoms with Crippen LogP contribution in [0.1, 0.15) is 28.8 Å². The number of ketones is 2. The molecule has 3 aliphatic rings. The van der Waals surface area contributed by atoms with E-state index >= 15 is 0 Å². The second-order valence-corrected chi connectivity index (χ2v) is 10.5. The van der Waals surface area contributed by atoms with Crippen LogP contribution in [0.4, 0.5) is 27.5 Å². The van der Waals surface area contributed by atoms with Crippen molar-refractivity contribution in [3.05, 3.63) is 69.0 Å². The molecule has 0 aromatic heterocycles. The number of nitrogens with zero attached hydrogens (tertiary/aromatic N) is 2. The third-order valence-corrected chi connectivity index (χ3v) is 7.82. The molecule has 2 aromatic carbocycles. The second kappa shape index (κ2) is 10.1. The Morgan fingerprint density at radius 2 is 1.73 bits per heavy atom. The molecule has 0 aliphatic heterocycles. The van der Waals surface area contributed by atoms with Gasteiger partial charge in [-0.15, -0.1) is 4.91 Å². The molecule has 0 saturated heterocycles. The van der Waals surface area contributed by atoms with Crippen molar-refractivity contribution in [3.63, 3.8) is 0 Å². The summed E-state index contributed by atoms with van der Waals surface area (Å²) >= 11 is 0. The fraction of sp³-hybridized carbons (Fsp3) is 0.286. The molecule has 3 unspecified atom stereocenters. The molecule has 13 heteroatoms. The number of fused-ring (bicyclic) bond motifs is 3. The Bertz CT molecular complexity index is 1590. The Kier molecular flexibility index (Phi) is 6.73. The molecule has 13 nitrogen and oxygen atoms in total. The topological polar surface area (TPSA) is 212 Å². The minimum absolute atomic E-state index is 0.0530. The summed E-state index contributed by atoms with van der Waals surface area (Å²) in [6, 6.07) is 6.54. The summed E-state index contributed by atoms with van der Waals surface area (Å²) in [5.41, 5.74) is 6.01. The van der Waals surface area contributed by atoms with Gasteiger partial charge in [-0.2, -0.15) is 0 Å². The second-order valence-electron chi connectivity index (χ2n) is 10.5. The number of primary amides is 1. The van der Waals surface area contributed by atoms with Gasteiger partial charge in [0.2, 0.25) is 0 Å². The van der Waals surface area contributed by atoms with E-state index in [1.54, 1.807) is 19.0 Å². The van der Waals surface area contributed by atoms with Gasteiger partial charge in [-0.1, -0.05) is 0 Å². The van der Waals surface area contributed by atoms with Gasteiger partial charge in [0.05, 0.1) is 17.2 Å². The van der Waals surface area contributed by atoms with E-state index in [2.05, 4.69) is 15.8 Å². The van der Waals surface area contributed by atoms with Crippen molar-refractivity contribution in [1.29, 1.82) is 0 Å². The number of anilines is 3. The molecule has 3 amide bonds.